The van der Waals surface area contributed by atoms with Crippen LogP contribution in [0.15, 0.2) is 22.7 Å². The fourth-order valence-electron chi connectivity index (χ4n) is 3.86. The number of hydrogen-bond donors (Lipinski definition) is 0. The van der Waals surface area contributed by atoms with Crippen molar-refractivity contribution in [2.24, 2.45) is 17.8 Å². The van der Waals surface area contributed by atoms with Crippen LogP contribution in [0.5, 0.6) is 5.75 Å². The zero-order valence-corrected chi connectivity index (χ0v) is 14.4. The van der Waals surface area contributed by atoms with Gasteiger partial charge >= 0.3 is 0 Å². The molecule has 2 saturated carbocycles. The second-order valence-electron chi connectivity index (χ2n) is 5.86. The van der Waals surface area contributed by atoms with Gasteiger partial charge < -0.3 is 4.74 Å². The number of fused-ring (bicyclic) bond motifs is 2. The molecule has 0 aromatic heterocycles. The van der Waals surface area contributed by atoms with Crippen LogP contribution in [0.3, 0.4) is 0 Å². The van der Waals surface area contributed by atoms with Crippen LogP contribution in [0.1, 0.15) is 43.0 Å². The van der Waals surface area contributed by atoms with E-state index < -0.39 is 0 Å². The normalized spacial score (nSPS) is 30.6. The molecule has 19 heavy (non-hydrogen) atoms. The van der Waals surface area contributed by atoms with Crippen molar-refractivity contribution in [1.82, 2.24) is 0 Å². The first kappa shape index (κ1) is 13.9. The molecule has 0 heterocycles. The number of rotatable bonds is 4. The molecule has 2 aliphatic rings. The number of benzene rings is 1. The van der Waals surface area contributed by atoms with Crippen LogP contribution < -0.4 is 4.74 Å². The molecule has 0 saturated heterocycles. The van der Waals surface area contributed by atoms with Gasteiger partial charge in [-0.2, -0.15) is 0 Å². The number of ether oxygens (including phenoxy) is 1. The molecule has 3 rings (SSSR count). The molecular formula is C16H20Br2O. The molecule has 3 heteroatoms. The van der Waals surface area contributed by atoms with Gasteiger partial charge in [-0.25, -0.2) is 0 Å². The second kappa shape index (κ2) is 5.77. The Labute approximate surface area is 132 Å². The summed E-state index contributed by atoms with van der Waals surface area (Å²) in [6, 6.07) is 6.52. The molecule has 0 amide bonds. The summed E-state index contributed by atoms with van der Waals surface area (Å²) in [6.45, 7) is 2.73. The lowest BCUT2D eigenvalue weighted by Crippen LogP contribution is -2.15. The van der Waals surface area contributed by atoms with Crippen molar-refractivity contribution < 1.29 is 4.74 Å². The summed E-state index contributed by atoms with van der Waals surface area (Å²) in [6.07, 6.45) is 5.78. The molecule has 0 spiro atoms. The molecule has 2 bridgehead atoms. The van der Waals surface area contributed by atoms with Crippen LogP contribution in [0.2, 0.25) is 0 Å². The largest absolute Gasteiger partial charge is 0.493 e. The van der Waals surface area contributed by atoms with Gasteiger partial charge in [0.25, 0.3) is 0 Å². The molecule has 0 aliphatic heterocycles. The van der Waals surface area contributed by atoms with Gasteiger partial charge in [-0.1, -0.05) is 28.4 Å². The van der Waals surface area contributed by atoms with Crippen molar-refractivity contribution in [3.63, 3.8) is 0 Å². The Morgan fingerprint density at radius 2 is 2.16 bits per heavy atom. The number of hydrogen-bond acceptors (Lipinski definition) is 1. The average molecular weight is 388 g/mol. The molecule has 4 unspecified atom stereocenters. The van der Waals surface area contributed by atoms with E-state index >= 15 is 0 Å². The van der Waals surface area contributed by atoms with E-state index in [1.807, 2.05) is 6.92 Å². The van der Waals surface area contributed by atoms with E-state index in [0.717, 1.165) is 28.0 Å². The van der Waals surface area contributed by atoms with E-state index in [1.54, 1.807) is 0 Å². The van der Waals surface area contributed by atoms with Crippen LogP contribution in [0.25, 0.3) is 0 Å². The van der Waals surface area contributed by atoms with E-state index in [0.29, 0.717) is 11.4 Å². The summed E-state index contributed by atoms with van der Waals surface area (Å²) >= 11 is 7.57. The van der Waals surface area contributed by atoms with Gasteiger partial charge in [-0.05, 0) is 77.6 Å². The van der Waals surface area contributed by atoms with Crippen LogP contribution in [0.4, 0.5) is 0 Å². The Morgan fingerprint density at radius 1 is 1.32 bits per heavy atom. The highest BCUT2D eigenvalue weighted by molar-refractivity contribution is 9.10. The van der Waals surface area contributed by atoms with Crippen molar-refractivity contribution in [3.8, 4) is 5.75 Å². The Balaban J connectivity index is 1.76. The summed E-state index contributed by atoms with van der Waals surface area (Å²) in [5, 5.41) is 0. The SMILES string of the molecule is CCOc1ccc(C(Br)C2CC3CCC2C3)cc1Br. The molecule has 104 valence electrons. The highest BCUT2D eigenvalue weighted by Crippen LogP contribution is 2.55. The monoisotopic (exact) mass is 386 g/mol. The maximum atomic E-state index is 5.58. The van der Waals surface area contributed by atoms with E-state index in [9.17, 15) is 0 Å². The molecule has 0 radical (unpaired) electrons. The van der Waals surface area contributed by atoms with Gasteiger partial charge in [0.15, 0.2) is 0 Å². The van der Waals surface area contributed by atoms with Crippen molar-refractivity contribution in [3.05, 3.63) is 28.2 Å². The zero-order valence-electron chi connectivity index (χ0n) is 11.2. The lowest BCUT2D eigenvalue weighted by Gasteiger charge is -2.27. The molecule has 1 aromatic rings. The van der Waals surface area contributed by atoms with Gasteiger partial charge in [-0.3, -0.25) is 0 Å². The Bertz CT molecular complexity index is 460. The van der Waals surface area contributed by atoms with Gasteiger partial charge in [-0.15, -0.1) is 0 Å². The highest BCUT2D eigenvalue weighted by atomic mass is 79.9. The van der Waals surface area contributed by atoms with Gasteiger partial charge in [0.05, 0.1) is 11.1 Å². The molecule has 1 nitrogen and oxygen atoms in total. The third-order valence-corrected chi connectivity index (χ3v) is 6.57. The average Bonchev–Trinajstić information content (AvgIpc) is 3.03. The molecule has 2 aliphatic carbocycles. The maximum Gasteiger partial charge on any atom is 0.133 e. The fourth-order valence-corrected chi connectivity index (χ4v) is 5.30. The minimum atomic E-state index is 0.495. The number of alkyl halides is 1. The van der Waals surface area contributed by atoms with Gasteiger partial charge in [0.2, 0.25) is 0 Å². The molecule has 0 N–H and O–H groups in total. The third-order valence-electron chi connectivity index (χ3n) is 4.74. The Hall–Kier alpha value is -0.0200. The summed E-state index contributed by atoms with van der Waals surface area (Å²) in [5.41, 5.74) is 1.38. The first-order valence-corrected chi connectivity index (χ1v) is 8.96. The topological polar surface area (TPSA) is 9.23 Å². The molecule has 4 atom stereocenters. The predicted octanol–water partition coefficient (Wildman–Crippen LogP) is 5.72. The smallest absolute Gasteiger partial charge is 0.133 e. The third kappa shape index (κ3) is 2.73. The minimum Gasteiger partial charge on any atom is -0.493 e. The Kier molecular flexibility index (Phi) is 4.23. The summed E-state index contributed by atoms with van der Waals surface area (Å²) in [7, 11) is 0. The summed E-state index contributed by atoms with van der Waals surface area (Å²) < 4.78 is 6.65. The summed E-state index contributed by atoms with van der Waals surface area (Å²) in [4.78, 5) is 0.495. The van der Waals surface area contributed by atoms with Crippen LogP contribution >= 0.6 is 31.9 Å². The minimum absolute atomic E-state index is 0.495. The van der Waals surface area contributed by atoms with Gasteiger partial charge in [0.1, 0.15) is 5.75 Å². The van der Waals surface area contributed by atoms with E-state index in [2.05, 4.69) is 50.1 Å². The highest BCUT2D eigenvalue weighted by Gasteiger charge is 2.42. The van der Waals surface area contributed by atoms with Gasteiger partial charge in [0, 0.05) is 4.83 Å². The maximum absolute atomic E-state index is 5.58. The second-order valence-corrected chi connectivity index (χ2v) is 7.70. The fraction of sp³-hybridized carbons (Fsp3) is 0.625. The van der Waals surface area contributed by atoms with Crippen molar-refractivity contribution in [2.45, 2.75) is 37.4 Å². The number of halogens is 2. The first-order valence-electron chi connectivity index (χ1n) is 7.25. The standard InChI is InChI=1S/C16H20Br2O/c1-2-19-15-6-5-12(9-14(15)17)16(18)13-8-10-3-4-11(13)7-10/h5-6,9-11,13,16H,2-4,7-8H2,1H3. The van der Waals surface area contributed by atoms with E-state index in [-0.39, 0.29) is 0 Å². The van der Waals surface area contributed by atoms with Crippen molar-refractivity contribution >= 4 is 31.9 Å². The zero-order chi connectivity index (χ0) is 13.4. The van der Waals surface area contributed by atoms with Crippen LogP contribution in [-0.2, 0) is 0 Å². The lowest BCUT2D eigenvalue weighted by atomic mass is 9.84. The van der Waals surface area contributed by atoms with Crippen LogP contribution in [0, 0.1) is 17.8 Å². The molecule has 2 fully saturated rings. The predicted molar refractivity (Wildman–Crippen MR) is 85.9 cm³/mol. The first-order chi connectivity index (χ1) is 9.19. The molecular weight excluding hydrogens is 368 g/mol. The molecule has 1 aromatic carbocycles. The van der Waals surface area contributed by atoms with Crippen LogP contribution in [-0.4, -0.2) is 6.61 Å². The summed E-state index contributed by atoms with van der Waals surface area (Å²) in [5.74, 6) is 3.71. The van der Waals surface area contributed by atoms with Crippen molar-refractivity contribution in [2.75, 3.05) is 6.61 Å². The quantitative estimate of drug-likeness (QED) is 0.600. The lowest BCUT2D eigenvalue weighted by molar-refractivity contribution is 0.328. The van der Waals surface area contributed by atoms with E-state index in [1.165, 1.54) is 31.2 Å². The van der Waals surface area contributed by atoms with Crippen molar-refractivity contribution in [1.29, 1.82) is 0 Å². The Morgan fingerprint density at radius 3 is 2.74 bits per heavy atom. The van der Waals surface area contributed by atoms with E-state index in [4.69, 9.17) is 4.74 Å².